The molecule has 1 aliphatic heterocycles. The number of nitrogens with zero attached hydrogens (tertiary/aromatic N) is 2. The SMILES string of the molecule is CCC(C)C1C(=O)Nc2ccccc2CN1C(=O)c1cc2ncccc2[nH]1. The quantitative estimate of drug-likeness (QED) is 0.748. The van der Waals surface area contributed by atoms with E-state index in [0.29, 0.717) is 12.2 Å². The Morgan fingerprint density at radius 2 is 2.11 bits per heavy atom. The lowest BCUT2D eigenvalue weighted by Gasteiger charge is -2.32. The van der Waals surface area contributed by atoms with Gasteiger partial charge in [-0.25, -0.2) is 0 Å². The first-order valence-electron chi connectivity index (χ1n) is 9.22. The third-order valence-corrected chi connectivity index (χ3v) is 5.28. The van der Waals surface area contributed by atoms with Crippen LogP contribution in [0.15, 0.2) is 48.7 Å². The standard InChI is InChI=1S/C21H22N4O2/c1-3-13(2)19-20(26)24-15-8-5-4-7-14(15)12-25(19)21(27)18-11-17-16(23-18)9-6-10-22-17/h4-11,13,19,23H,3,12H2,1-2H3,(H,24,26). The van der Waals surface area contributed by atoms with Crippen molar-refractivity contribution in [3.8, 4) is 0 Å². The van der Waals surface area contributed by atoms with Crippen LogP contribution in [0.5, 0.6) is 0 Å². The lowest BCUT2D eigenvalue weighted by molar-refractivity contribution is -0.122. The van der Waals surface area contributed by atoms with Crippen LogP contribution in [0.25, 0.3) is 11.0 Å². The third-order valence-electron chi connectivity index (χ3n) is 5.28. The smallest absolute Gasteiger partial charge is 0.271 e. The Kier molecular flexibility index (Phi) is 4.39. The largest absolute Gasteiger partial charge is 0.349 e. The fourth-order valence-electron chi connectivity index (χ4n) is 3.62. The molecule has 3 aromatic rings. The van der Waals surface area contributed by atoms with Crippen molar-refractivity contribution in [2.75, 3.05) is 5.32 Å². The number of fused-ring (bicyclic) bond motifs is 2. The van der Waals surface area contributed by atoms with E-state index in [2.05, 4.69) is 15.3 Å². The minimum Gasteiger partial charge on any atom is -0.349 e. The van der Waals surface area contributed by atoms with Gasteiger partial charge in [-0.15, -0.1) is 0 Å². The molecule has 2 unspecified atom stereocenters. The lowest BCUT2D eigenvalue weighted by Crippen LogP contribution is -2.49. The Balaban J connectivity index is 1.77. The van der Waals surface area contributed by atoms with Crippen LogP contribution in [-0.2, 0) is 11.3 Å². The Labute approximate surface area is 157 Å². The Morgan fingerprint density at radius 3 is 2.89 bits per heavy atom. The average Bonchev–Trinajstić information content (AvgIpc) is 3.05. The molecule has 0 saturated heterocycles. The van der Waals surface area contributed by atoms with Gasteiger partial charge in [-0.2, -0.15) is 0 Å². The first-order chi connectivity index (χ1) is 13.1. The van der Waals surface area contributed by atoms with Crippen LogP contribution in [0, 0.1) is 5.92 Å². The van der Waals surface area contributed by atoms with Gasteiger partial charge < -0.3 is 15.2 Å². The van der Waals surface area contributed by atoms with Crippen LogP contribution in [0.2, 0.25) is 0 Å². The minimum absolute atomic E-state index is 0.0331. The maximum absolute atomic E-state index is 13.4. The fraction of sp³-hybridized carbons (Fsp3) is 0.286. The van der Waals surface area contributed by atoms with Gasteiger partial charge in [-0.3, -0.25) is 14.6 Å². The second-order valence-electron chi connectivity index (χ2n) is 7.03. The van der Waals surface area contributed by atoms with Crippen LogP contribution in [0.1, 0.15) is 36.3 Å². The number of amides is 2. The summed E-state index contributed by atoms with van der Waals surface area (Å²) in [5.41, 5.74) is 3.69. The molecule has 0 radical (unpaired) electrons. The van der Waals surface area contributed by atoms with Crippen LogP contribution < -0.4 is 5.32 Å². The molecular formula is C21H22N4O2. The maximum Gasteiger partial charge on any atom is 0.271 e. The molecule has 4 rings (SSSR count). The number of hydrogen-bond donors (Lipinski definition) is 2. The average molecular weight is 362 g/mol. The number of para-hydroxylation sites is 1. The molecule has 0 bridgehead atoms. The van der Waals surface area contributed by atoms with Crippen LogP contribution in [0.4, 0.5) is 5.69 Å². The van der Waals surface area contributed by atoms with Crippen molar-refractivity contribution in [1.29, 1.82) is 0 Å². The number of H-pyrrole nitrogens is 1. The first-order valence-corrected chi connectivity index (χ1v) is 9.22. The third kappa shape index (κ3) is 3.07. The molecule has 138 valence electrons. The van der Waals surface area contributed by atoms with Crippen LogP contribution >= 0.6 is 0 Å². The zero-order valence-electron chi connectivity index (χ0n) is 15.4. The molecule has 0 aliphatic carbocycles. The number of carbonyl (C=O) groups is 2. The first kappa shape index (κ1) is 17.3. The van der Waals surface area contributed by atoms with E-state index in [1.807, 2.05) is 50.2 Å². The van der Waals surface area contributed by atoms with Crippen LogP contribution in [-0.4, -0.2) is 32.7 Å². The Hall–Kier alpha value is -3.15. The van der Waals surface area contributed by atoms with Crippen molar-refractivity contribution in [1.82, 2.24) is 14.9 Å². The maximum atomic E-state index is 13.4. The summed E-state index contributed by atoms with van der Waals surface area (Å²) in [6.07, 6.45) is 2.49. The van der Waals surface area contributed by atoms with E-state index < -0.39 is 6.04 Å². The summed E-state index contributed by atoms with van der Waals surface area (Å²) in [7, 11) is 0. The predicted octanol–water partition coefficient (Wildman–Crippen LogP) is 3.57. The molecule has 2 aromatic heterocycles. The zero-order chi connectivity index (χ0) is 19.0. The van der Waals surface area contributed by atoms with E-state index in [9.17, 15) is 9.59 Å². The van der Waals surface area contributed by atoms with Crippen molar-refractivity contribution in [2.24, 2.45) is 5.92 Å². The molecule has 0 saturated carbocycles. The Morgan fingerprint density at radius 1 is 1.30 bits per heavy atom. The number of aromatic amines is 1. The van der Waals surface area contributed by atoms with Crippen molar-refractivity contribution in [2.45, 2.75) is 32.9 Å². The molecule has 3 heterocycles. The van der Waals surface area contributed by atoms with Crippen LogP contribution in [0.3, 0.4) is 0 Å². The summed E-state index contributed by atoms with van der Waals surface area (Å²) in [5.74, 6) is -0.298. The van der Waals surface area contributed by atoms with Gasteiger partial charge in [0.25, 0.3) is 5.91 Å². The summed E-state index contributed by atoms with van der Waals surface area (Å²) < 4.78 is 0. The highest BCUT2D eigenvalue weighted by Crippen LogP contribution is 2.28. The molecular weight excluding hydrogens is 340 g/mol. The fourth-order valence-corrected chi connectivity index (χ4v) is 3.62. The van der Waals surface area contributed by atoms with E-state index in [1.165, 1.54) is 0 Å². The molecule has 27 heavy (non-hydrogen) atoms. The highest BCUT2D eigenvalue weighted by molar-refractivity contribution is 6.03. The number of anilines is 1. The van der Waals surface area contributed by atoms with Gasteiger partial charge in [0.1, 0.15) is 11.7 Å². The molecule has 6 heteroatoms. The van der Waals surface area contributed by atoms with Crippen molar-refractivity contribution in [3.05, 3.63) is 59.9 Å². The number of aromatic nitrogens is 2. The number of benzene rings is 1. The molecule has 0 fully saturated rings. The normalized spacial score (nSPS) is 17.9. The second-order valence-corrected chi connectivity index (χ2v) is 7.03. The summed E-state index contributed by atoms with van der Waals surface area (Å²) >= 11 is 0. The van der Waals surface area contributed by atoms with E-state index in [-0.39, 0.29) is 17.7 Å². The predicted molar refractivity (Wildman–Crippen MR) is 104 cm³/mol. The number of nitrogens with one attached hydrogen (secondary N) is 2. The van der Waals surface area contributed by atoms with Gasteiger partial charge in [0, 0.05) is 18.4 Å². The summed E-state index contributed by atoms with van der Waals surface area (Å²) in [5, 5.41) is 3.00. The molecule has 2 N–H and O–H groups in total. The molecule has 2 amide bonds. The number of carbonyl (C=O) groups excluding carboxylic acids is 2. The summed E-state index contributed by atoms with van der Waals surface area (Å²) in [6.45, 7) is 4.42. The highest BCUT2D eigenvalue weighted by Gasteiger charge is 2.37. The van der Waals surface area contributed by atoms with Crippen molar-refractivity contribution >= 4 is 28.5 Å². The van der Waals surface area contributed by atoms with E-state index >= 15 is 0 Å². The molecule has 2 atom stereocenters. The Bertz CT molecular complexity index is 977. The zero-order valence-corrected chi connectivity index (χ0v) is 15.4. The van der Waals surface area contributed by atoms with E-state index in [0.717, 1.165) is 28.7 Å². The monoisotopic (exact) mass is 362 g/mol. The van der Waals surface area contributed by atoms with Gasteiger partial charge in [0.15, 0.2) is 0 Å². The van der Waals surface area contributed by atoms with E-state index in [1.54, 1.807) is 17.2 Å². The van der Waals surface area contributed by atoms with Gasteiger partial charge in [0.05, 0.1) is 11.0 Å². The minimum atomic E-state index is -0.533. The van der Waals surface area contributed by atoms with Gasteiger partial charge in [-0.05, 0) is 35.7 Å². The summed E-state index contributed by atoms with van der Waals surface area (Å²) in [6, 6.07) is 12.6. The van der Waals surface area contributed by atoms with Crippen molar-refractivity contribution in [3.63, 3.8) is 0 Å². The van der Waals surface area contributed by atoms with E-state index in [4.69, 9.17) is 0 Å². The molecule has 1 aromatic carbocycles. The number of pyridine rings is 1. The van der Waals surface area contributed by atoms with Gasteiger partial charge in [0.2, 0.25) is 5.91 Å². The van der Waals surface area contributed by atoms with Gasteiger partial charge >= 0.3 is 0 Å². The lowest BCUT2D eigenvalue weighted by atomic mass is 9.96. The number of rotatable bonds is 3. The molecule has 6 nitrogen and oxygen atoms in total. The van der Waals surface area contributed by atoms with Crippen molar-refractivity contribution < 1.29 is 9.59 Å². The van der Waals surface area contributed by atoms with Gasteiger partial charge in [-0.1, -0.05) is 38.5 Å². The second kappa shape index (κ2) is 6.87. The summed E-state index contributed by atoms with van der Waals surface area (Å²) in [4.78, 5) is 35.5. The topological polar surface area (TPSA) is 78.1 Å². The molecule has 0 spiro atoms. The highest BCUT2D eigenvalue weighted by atomic mass is 16.2. The number of hydrogen-bond acceptors (Lipinski definition) is 3. The molecule has 1 aliphatic rings.